The van der Waals surface area contributed by atoms with E-state index in [0.29, 0.717) is 11.5 Å². The number of hydrogen-bond acceptors (Lipinski definition) is 5. The molecule has 0 radical (unpaired) electrons. The summed E-state index contributed by atoms with van der Waals surface area (Å²) in [7, 11) is 0. The normalized spacial score (nSPS) is 11.9. The molecule has 0 aliphatic rings. The highest BCUT2D eigenvalue weighted by Crippen LogP contribution is 2.17. The molecule has 0 aliphatic heterocycles. The van der Waals surface area contributed by atoms with Gasteiger partial charge in [-0.1, -0.05) is 30.3 Å². The lowest BCUT2D eigenvalue weighted by Crippen LogP contribution is -2.38. The van der Waals surface area contributed by atoms with Gasteiger partial charge in [-0.2, -0.15) is 5.10 Å². The molecule has 3 N–H and O–H groups in total. The predicted molar refractivity (Wildman–Crippen MR) is 103 cm³/mol. The number of furan rings is 1. The van der Waals surface area contributed by atoms with Crippen LogP contribution in [0.3, 0.4) is 0 Å². The van der Waals surface area contributed by atoms with Crippen molar-refractivity contribution < 1.29 is 9.21 Å². The number of aromatic nitrogens is 2. The Labute approximate surface area is 156 Å². The molecule has 2 heterocycles. The predicted octanol–water partition coefficient (Wildman–Crippen LogP) is 2.22. The molecule has 1 aromatic carbocycles. The highest BCUT2D eigenvalue weighted by molar-refractivity contribution is 5.76. The molecule has 0 fully saturated rings. The third-order valence-electron chi connectivity index (χ3n) is 4.19. The van der Waals surface area contributed by atoms with Crippen LogP contribution in [-0.2, 0) is 17.8 Å². The third-order valence-corrected chi connectivity index (χ3v) is 4.19. The van der Waals surface area contributed by atoms with Crippen LogP contribution in [0.15, 0.2) is 64.0 Å². The highest BCUT2D eigenvalue weighted by atomic mass is 16.3. The second kappa shape index (κ2) is 8.35. The summed E-state index contributed by atoms with van der Waals surface area (Å²) < 4.78 is 6.34. The van der Waals surface area contributed by atoms with Gasteiger partial charge in [0, 0.05) is 6.04 Å². The molecule has 3 aromatic rings. The molecular weight excluding hydrogens is 344 g/mol. The van der Waals surface area contributed by atoms with Crippen LogP contribution in [0, 0.1) is 0 Å². The number of aryl methyl sites for hydroxylation is 1. The van der Waals surface area contributed by atoms with E-state index in [4.69, 9.17) is 10.2 Å². The first-order chi connectivity index (χ1) is 13.0. The standard InChI is InChI=1S/C20H22N4O3/c1-14(9-10-15-6-3-2-4-7-15)22-19(25)13-24-20(26)16(21)12-17(23-24)18-8-5-11-27-18/h2-8,11-12,14H,9-10,13,21H2,1H3,(H,22,25). The number of hydrogen-bond donors (Lipinski definition) is 2. The van der Waals surface area contributed by atoms with Crippen molar-refractivity contribution in [3.05, 3.63) is 70.7 Å². The second-order valence-electron chi connectivity index (χ2n) is 6.42. The molecule has 1 amide bonds. The van der Waals surface area contributed by atoms with Gasteiger partial charge in [0.15, 0.2) is 5.76 Å². The topological polar surface area (TPSA) is 103 Å². The zero-order chi connectivity index (χ0) is 19.2. The number of nitrogens with two attached hydrogens (primary N) is 1. The van der Waals surface area contributed by atoms with E-state index < -0.39 is 5.56 Å². The van der Waals surface area contributed by atoms with Crippen LogP contribution in [0.25, 0.3) is 11.5 Å². The van der Waals surface area contributed by atoms with Crippen LogP contribution in [0.5, 0.6) is 0 Å². The van der Waals surface area contributed by atoms with Crippen molar-refractivity contribution in [1.29, 1.82) is 0 Å². The van der Waals surface area contributed by atoms with E-state index in [1.807, 2.05) is 25.1 Å². The first kappa shape index (κ1) is 18.4. The van der Waals surface area contributed by atoms with E-state index in [-0.39, 0.29) is 24.2 Å². The molecule has 0 saturated heterocycles. The molecule has 7 nitrogen and oxygen atoms in total. The number of nitrogens with zero attached hydrogens (tertiary/aromatic N) is 2. The van der Waals surface area contributed by atoms with E-state index in [9.17, 15) is 9.59 Å². The van der Waals surface area contributed by atoms with Crippen LogP contribution in [-0.4, -0.2) is 21.7 Å². The lowest BCUT2D eigenvalue weighted by atomic mass is 10.1. The molecule has 0 saturated carbocycles. The lowest BCUT2D eigenvalue weighted by molar-refractivity contribution is -0.122. The van der Waals surface area contributed by atoms with Gasteiger partial charge in [-0.3, -0.25) is 9.59 Å². The number of benzene rings is 1. The van der Waals surface area contributed by atoms with Crippen LogP contribution >= 0.6 is 0 Å². The van der Waals surface area contributed by atoms with Crippen LogP contribution < -0.4 is 16.6 Å². The molecular formula is C20H22N4O3. The van der Waals surface area contributed by atoms with Crippen molar-refractivity contribution in [2.75, 3.05) is 5.73 Å². The molecule has 1 unspecified atom stereocenters. The van der Waals surface area contributed by atoms with Crippen LogP contribution in [0.1, 0.15) is 18.9 Å². The zero-order valence-corrected chi connectivity index (χ0v) is 15.1. The Morgan fingerprint density at radius 2 is 2.04 bits per heavy atom. The van der Waals surface area contributed by atoms with Gasteiger partial charge in [0.2, 0.25) is 5.91 Å². The number of anilines is 1. The van der Waals surface area contributed by atoms with Crippen molar-refractivity contribution in [3.8, 4) is 11.5 Å². The second-order valence-corrected chi connectivity index (χ2v) is 6.42. The minimum Gasteiger partial charge on any atom is -0.463 e. The summed E-state index contributed by atoms with van der Waals surface area (Å²) in [5.41, 5.74) is 6.91. The number of carbonyl (C=O) groups is 1. The SMILES string of the molecule is CC(CCc1ccccc1)NC(=O)Cn1nc(-c2ccco2)cc(N)c1=O. The number of carbonyl (C=O) groups excluding carboxylic acids is 1. The molecule has 0 bridgehead atoms. The summed E-state index contributed by atoms with van der Waals surface area (Å²) in [6.07, 6.45) is 3.16. The van der Waals surface area contributed by atoms with E-state index in [1.54, 1.807) is 12.1 Å². The van der Waals surface area contributed by atoms with Crippen molar-refractivity contribution in [2.45, 2.75) is 32.4 Å². The van der Waals surface area contributed by atoms with Gasteiger partial charge >= 0.3 is 0 Å². The van der Waals surface area contributed by atoms with Crippen LogP contribution in [0.4, 0.5) is 5.69 Å². The van der Waals surface area contributed by atoms with E-state index in [2.05, 4.69) is 22.5 Å². The average molecular weight is 366 g/mol. The van der Waals surface area contributed by atoms with Gasteiger partial charge < -0.3 is 15.5 Å². The van der Waals surface area contributed by atoms with E-state index in [0.717, 1.165) is 17.5 Å². The Balaban J connectivity index is 1.62. The van der Waals surface area contributed by atoms with Crippen molar-refractivity contribution in [3.63, 3.8) is 0 Å². The van der Waals surface area contributed by atoms with Crippen molar-refractivity contribution in [2.24, 2.45) is 0 Å². The number of rotatable bonds is 7. The minimum atomic E-state index is -0.502. The van der Waals surface area contributed by atoms with Crippen LogP contribution in [0.2, 0.25) is 0 Å². The van der Waals surface area contributed by atoms with Crippen molar-refractivity contribution >= 4 is 11.6 Å². The fourth-order valence-corrected chi connectivity index (χ4v) is 2.77. The van der Waals surface area contributed by atoms with Gasteiger partial charge in [0.25, 0.3) is 5.56 Å². The van der Waals surface area contributed by atoms with E-state index >= 15 is 0 Å². The summed E-state index contributed by atoms with van der Waals surface area (Å²) in [6, 6.07) is 14.9. The minimum absolute atomic E-state index is 0.0151. The molecule has 27 heavy (non-hydrogen) atoms. The smallest absolute Gasteiger partial charge is 0.290 e. The summed E-state index contributed by atoms with van der Waals surface area (Å²) in [5.74, 6) is 0.188. The van der Waals surface area contributed by atoms with Gasteiger partial charge in [-0.25, -0.2) is 4.68 Å². The highest BCUT2D eigenvalue weighted by Gasteiger charge is 2.14. The first-order valence-corrected chi connectivity index (χ1v) is 8.77. The Bertz CT molecular complexity index is 949. The molecule has 140 valence electrons. The molecule has 0 aliphatic carbocycles. The monoisotopic (exact) mass is 366 g/mol. The Morgan fingerprint density at radius 3 is 2.74 bits per heavy atom. The Morgan fingerprint density at radius 1 is 1.26 bits per heavy atom. The summed E-state index contributed by atoms with van der Waals surface area (Å²) in [6.45, 7) is 1.73. The fourth-order valence-electron chi connectivity index (χ4n) is 2.77. The molecule has 3 rings (SSSR count). The fraction of sp³-hybridized carbons (Fsp3) is 0.250. The molecule has 0 spiro atoms. The summed E-state index contributed by atoms with van der Waals surface area (Å²) in [4.78, 5) is 24.5. The average Bonchev–Trinajstić information content (AvgIpc) is 3.19. The summed E-state index contributed by atoms with van der Waals surface area (Å²) in [5, 5.41) is 7.08. The van der Waals surface area contributed by atoms with Gasteiger partial charge in [-0.15, -0.1) is 0 Å². The number of amides is 1. The largest absolute Gasteiger partial charge is 0.463 e. The van der Waals surface area contributed by atoms with Gasteiger partial charge in [0.05, 0.1) is 6.26 Å². The maximum atomic E-state index is 12.3. The first-order valence-electron chi connectivity index (χ1n) is 8.77. The maximum absolute atomic E-state index is 12.3. The van der Waals surface area contributed by atoms with E-state index in [1.165, 1.54) is 17.9 Å². The lowest BCUT2D eigenvalue weighted by Gasteiger charge is -2.14. The number of nitrogen functional groups attached to an aromatic ring is 1. The van der Waals surface area contributed by atoms with Gasteiger partial charge in [0.1, 0.15) is 17.9 Å². The quantitative estimate of drug-likeness (QED) is 0.667. The molecule has 7 heteroatoms. The molecule has 2 aromatic heterocycles. The summed E-state index contributed by atoms with van der Waals surface area (Å²) >= 11 is 0. The Kier molecular flexibility index (Phi) is 5.71. The zero-order valence-electron chi connectivity index (χ0n) is 15.1. The maximum Gasteiger partial charge on any atom is 0.290 e. The molecule has 1 atom stereocenters. The third kappa shape index (κ3) is 4.84. The van der Waals surface area contributed by atoms with Crippen molar-refractivity contribution in [1.82, 2.24) is 15.1 Å². The Hall–Kier alpha value is -3.35. The van der Waals surface area contributed by atoms with Gasteiger partial charge in [-0.05, 0) is 43.5 Å². The number of nitrogens with one attached hydrogen (secondary N) is 1.